The summed E-state index contributed by atoms with van der Waals surface area (Å²) in [6, 6.07) is 1.87. The van der Waals surface area contributed by atoms with Crippen LogP contribution < -0.4 is 16.0 Å². The van der Waals surface area contributed by atoms with Gasteiger partial charge in [-0.1, -0.05) is 13.0 Å². The first-order valence-electron chi connectivity index (χ1n) is 7.08. The predicted octanol–water partition coefficient (Wildman–Crippen LogP) is 1.05. The van der Waals surface area contributed by atoms with Gasteiger partial charge in [-0.2, -0.15) is 5.10 Å². The van der Waals surface area contributed by atoms with E-state index in [-0.39, 0.29) is 17.9 Å². The molecule has 7 nitrogen and oxygen atoms in total. The lowest BCUT2D eigenvalue weighted by atomic mass is 10.1. The van der Waals surface area contributed by atoms with Crippen molar-refractivity contribution in [1.29, 1.82) is 0 Å². The molecule has 2 heterocycles. The maximum atomic E-state index is 11.8. The highest BCUT2D eigenvalue weighted by Crippen LogP contribution is 2.18. The number of aromatic nitrogens is 2. The van der Waals surface area contributed by atoms with E-state index in [1.54, 1.807) is 23.7 Å². The van der Waals surface area contributed by atoms with Crippen LogP contribution in [0.4, 0.5) is 5.82 Å². The minimum Gasteiger partial charge on any atom is -0.322 e. The number of carbonyl (C=O) groups excluding carboxylic acids is 2. The maximum Gasteiger partial charge on any atom is 0.249 e. The summed E-state index contributed by atoms with van der Waals surface area (Å²) >= 11 is 0. The summed E-state index contributed by atoms with van der Waals surface area (Å²) in [7, 11) is 0. The van der Waals surface area contributed by atoms with E-state index in [0.29, 0.717) is 12.2 Å². The average molecular weight is 291 g/mol. The molecule has 2 amide bonds. The number of rotatable bonds is 4. The van der Waals surface area contributed by atoms with E-state index < -0.39 is 6.29 Å². The first-order valence-corrected chi connectivity index (χ1v) is 7.08. The summed E-state index contributed by atoms with van der Waals surface area (Å²) in [6.07, 6.45) is 3.95. The minimum absolute atomic E-state index is 0.0236. The van der Waals surface area contributed by atoms with Crippen molar-refractivity contribution in [2.24, 2.45) is 0 Å². The second-order valence-electron chi connectivity index (χ2n) is 5.05. The fourth-order valence-corrected chi connectivity index (χ4v) is 2.28. The van der Waals surface area contributed by atoms with Crippen LogP contribution >= 0.6 is 0 Å². The molecule has 1 aromatic heterocycles. The van der Waals surface area contributed by atoms with Gasteiger partial charge in [-0.15, -0.1) is 0 Å². The molecule has 2 rings (SSSR count). The van der Waals surface area contributed by atoms with E-state index in [1.165, 1.54) is 6.08 Å². The Balaban J connectivity index is 2.22. The number of hydrogen-bond acceptors (Lipinski definition) is 4. The highest BCUT2D eigenvalue weighted by Gasteiger charge is 2.27. The number of hydrogen-bond donors (Lipinski definition) is 3. The van der Waals surface area contributed by atoms with Crippen LogP contribution in [0, 0.1) is 6.92 Å². The summed E-state index contributed by atoms with van der Waals surface area (Å²) < 4.78 is 1.59. The standard InChI is InChI=1S/C14H21N5O2/c1-4-6-12(20)16-11-7-9(3)18-19(11)14-15-10(5-2)8-13(21)17-14/h4,6-7,10,14-15H,5,8H2,1-3H3,(H,16,20)(H,17,21)/b6-4+. The van der Waals surface area contributed by atoms with Gasteiger partial charge >= 0.3 is 0 Å². The molecule has 1 aliphatic rings. The molecular formula is C14H21N5O2. The number of anilines is 1. The zero-order valence-electron chi connectivity index (χ0n) is 12.5. The Kier molecular flexibility index (Phi) is 4.74. The van der Waals surface area contributed by atoms with Gasteiger partial charge in [0.25, 0.3) is 0 Å². The molecule has 1 saturated heterocycles. The first-order chi connectivity index (χ1) is 10.0. The lowest BCUT2D eigenvalue weighted by Crippen LogP contribution is -2.53. The molecule has 1 fully saturated rings. The SMILES string of the molecule is C/C=C/C(=O)Nc1cc(C)nn1C1NC(=O)CC(CC)N1. The topological polar surface area (TPSA) is 88.1 Å². The van der Waals surface area contributed by atoms with Crippen molar-refractivity contribution >= 4 is 17.6 Å². The third-order valence-corrected chi connectivity index (χ3v) is 3.29. The van der Waals surface area contributed by atoms with Crippen molar-refractivity contribution in [3.05, 3.63) is 23.9 Å². The van der Waals surface area contributed by atoms with Gasteiger partial charge in [0.15, 0.2) is 6.29 Å². The fourth-order valence-electron chi connectivity index (χ4n) is 2.28. The van der Waals surface area contributed by atoms with E-state index in [0.717, 1.165) is 12.1 Å². The predicted molar refractivity (Wildman–Crippen MR) is 79.4 cm³/mol. The Morgan fingerprint density at radius 2 is 2.38 bits per heavy atom. The summed E-state index contributed by atoms with van der Waals surface area (Å²) in [4.78, 5) is 23.5. The zero-order chi connectivity index (χ0) is 15.4. The molecule has 0 spiro atoms. The van der Waals surface area contributed by atoms with Gasteiger partial charge in [0, 0.05) is 18.5 Å². The number of allylic oxidation sites excluding steroid dienone is 1. The highest BCUT2D eigenvalue weighted by atomic mass is 16.2. The summed E-state index contributed by atoms with van der Waals surface area (Å²) in [5, 5.41) is 13.3. The molecule has 0 bridgehead atoms. The quantitative estimate of drug-likeness (QED) is 0.724. The van der Waals surface area contributed by atoms with Crippen LogP contribution in [-0.2, 0) is 9.59 Å². The monoisotopic (exact) mass is 291 g/mol. The normalized spacial score (nSPS) is 22.3. The Morgan fingerprint density at radius 3 is 3.05 bits per heavy atom. The fraction of sp³-hybridized carbons (Fsp3) is 0.500. The lowest BCUT2D eigenvalue weighted by Gasteiger charge is -2.31. The highest BCUT2D eigenvalue weighted by molar-refractivity contribution is 5.98. The Hall–Kier alpha value is -2.15. The smallest absolute Gasteiger partial charge is 0.249 e. The molecule has 21 heavy (non-hydrogen) atoms. The summed E-state index contributed by atoms with van der Waals surface area (Å²) in [5.41, 5.74) is 0.764. The molecule has 2 atom stereocenters. The molecule has 114 valence electrons. The largest absolute Gasteiger partial charge is 0.322 e. The van der Waals surface area contributed by atoms with Gasteiger partial charge in [-0.3, -0.25) is 14.9 Å². The molecule has 0 aromatic carbocycles. The van der Waals surface area contributed by atoms with Gasteiger partial charge < -0.3 is 10.6 Å². The molecule has 2 unspecified atom stereocenters. The zero-order valence-corrected chi connectivity index (χ0v) is 12.5. The van der Waals surface area contributed by atoms with Crippen LogP contribution in [-0.4, -0.2) is 27.6 Å². The molecule has 7 heteroatoms. The van der Waals surface area contributed by atoms with E-state index in [1.807, 2.05) is 13.8 Å². The van der Waals surface area contributed by atoms with Crippen LogP contribution in [0.1, 0.15) is 38.7 Å². The number of nitrogens with zero attached hydrogens (tertiary/aromatic N) is 2. The van der Waals surface area contributed by atoms with Crippen molar-refractivity contribution in [2.45, 2.75) is 45.9 Å². The van der Waals surface area contributed by atoms with Crippen LogP contribution in [0.15, 0.2) is 18.2 Å². The maximum absolute atomic E-state index is 11.8. The molecule has 1 aliphatic heterocycles. The second-order valence-corrected chi connectivity index (χ2v) is 5.05. The lowest BCUT2D eigenvalue weighted by molar-refractivity contribution is -0.125. The van der Waals surface area contributed by atoms with Crippen LogP contribution in [0.2, 0.25) is 0 Å². The van der Waals surface area contributed by atoms with E-state index in [2.05, 4.69) is 21.0 Å². The average Bonchev–Trinajstić information content (AvgIpc) is 2.79. The molecule has 0 radical (unpaired) electrons. The first kappa shape index (κ1) is 15.2. The minimum atomic E-state index is -0.453. The number of aryl methyl sites for hydroxylation is 1. The molecule has 0 aliphatic carbocycles. The molecule has 1 aromatic rings. The van der Waals surface area contributed by atoms with Gasteiger partial charge in [-0.05, 0) is 26.3 Å². The van der Waals surface area contributed by atoms with Crippen molar-refractivity contribution in [2.75, 3.05) is 5.32 Å². The van der Waals surface area contributed by atoms with E-state index in [4.69, 9.17) is 0 Å². The van der Waals surface area contributed by atoms with Gasteiger partial charge in [0.05, 0.1) is 5.69 Å². The van der Waals surface area contributed by atoms with Gasteiger partial charge in [0.2, 0.25) is 11.8 Å². The molecular weight excluding hydrogens is 270 g/mol. The summed E-state index contributed by atoms with van der Waals surface area (Å²) in [5.74, 6) is 0.294. The Bertz CT molecular complexity index is 564. The number of amides is 2. The molecule has 0 saturated carbocycles. The van der Waals surface area contributed by atoms with Crippen molar-refractivity contribution in [3.8, 4) is 0 Å². The van der Waals surface area contributed by atoms with Gasteiger partial charge in [0.1, 0.15) is 5.82 Å². The number of carbonyl (C=O) groups is 2. The van der Waals surface area contributed by atoms with Crippen molar-refractivity contribution < 1.29 is 9.59 Å². The Labute approximate surface area is 123 Å². The van der Waals surface area contributed by atoms with Crippen molar-refractivity contribution in [3.63, 3.8) is 0 Å². The summed E-state index contributed by atoms with van der Waals surface area (Å²) in [6.45, 7) is 5.64. The Morgan fingerprint density at radius 1 is 1.62 bits per heavy atom. The van der Waals surface area contributed by atoms with E-state index >= 15 is 0 Å². The molecule has 3 N–H and O–H groups in total. The van der Waals surface area contributed by atoms with Crippen LogP contribution in [0.5, 0.6) is 0 Å². The third-order valence-electron chi connectivity index (χ3n) is 3.29. The van der Waals surface area contributed by atoms with E-state index in [9.17, 15) is 9.59 Å². The van der Waals surface area contributed by atoms with Crippen molar-refractivity contribution in [1.82, 2.24) is 20.4 Å². The third kappa shape index (κ3) is 3.69. The van der Waals surface area contributed by atoms with Gasteiger partial charge in [-0.25, -0.2) is 4.68 Å². The second kappa shape index (κ2) is 6.53. The van der Waals surface area contributed by atoms with Crippen LogP contribution in [0.25, 0.3) is 0 Å². The number of nitrogens with one attached hydrogen (secondary N) is 3. The van der Waals surface area contributed by atoms with Crippen LogP contribution in [0.3, 0.4) is 0 Å².